The van der Waals surface area contributed by atoms with E-state index in [1.807, 2.05) is 36.7 Å². The number of anilines is 1. The Balaban J connectivity index is 2.21. The average molecular weight is 160 g/mol. The van der Waals surface area contributed by atoms with Crippen LogP contribution in [0.4, 0.5) is 5.82 Å². The molecule has 0 amide bonds. The minimum atomic E-state index is 0.776. The highest BCUT2D eigenvalue weighted by molar-refractivity contribution is 5.40. The van der Waals surface area contributed by atoms with E-state index in [4.69, 9.17) is 0 Å². The van der Waals surface area contributed by atoms with Crippen molar-refractivity contribution >= 4 is 5.82 Å². The van der Waals surface area contributed by atoms with Crippen molar-refractivity contribution < 1.29 is 0 Å². The molecule has 0 radical (unpaired) electrons. The number of hydrogen-bond donors (Lipinski definition) is 1. The minimum Gasteiger partial charge on any atom is -0.300 e. The van der Waals surface area contributed by atoms with Gasteiger partial charge >= 0.3 is 0 Å². The molecule has 0 unspecified atom stereocenters. The molecule has 2 heterocycles. The Kier molecular flexibility index (Phi) is 1.74. The molecule has 4 heteroatoms. The van der Waals surface area contributed by atoms with Gasteiger partial charge in [-0.1, -0.05) is 0 Å². The van der Waals surface area contributed by atoms with Crippen LogP contribution in [-0.2, 0) is 0 Å². The van der Waals surface area contributed by atoms with Gasteiger partial charge in [0.1, 0.15) is 0 Å². The molecule has 1 N–H and O–H groups in total. The summed E-state index contributed by atoms with van der Waals surface area (Å²) in [4.78, 5) is 0. The number of hydrazine groups is 1. The van der Waals surface area contributed by atoms with Gasteiger partial charge in [-0.15, -0.1) is 5.10 Å². The molecule has 0 saturated heterocycles. The van der Waals surface area contributed by atoms with E-state index in [9.17, 15) is 0 Å². The second-order valence-electron chi connectivity index (χ2n) is 2.28. The van der Waals surface area contributed by atoms with Crippen LogP contribution < -0.4 is 10.4 Å². The third-order valence-corrected chi connectivity index (χ3v) is 1.46. The zero-order valence-corrected chi connectivity index (χ0v) is 6.38. The second kappa shape index (κ2) is 3.04. The molecule has 0 fully saturated rings. The first kappa shape index (κ1) is 6.84. The van der Waals surface area contributed by atoms with Gasteiger partial charge in [-0.2, -0.15) is 5.10 Å². The van der Waals surface area contributed by atoms with Crippen LogP contribution in [0.1, 0.15) is 0 Å². The molecular formula is C8H8N4. The fraction of sp³-hybridized carbons (Fsp3) is 0. The molecule has 0 saturated carbocycles. The Morgan fingerprint density at radius 2 is 2.33 bits per heavy atom. The summed E-state index contributed by atoms with van der Waals surface area (Å²) in [5.74, 6) is 0.776. The molecule has 1 aliphatic heterocycles. The van der Waals surface area contributed by atoms with Crippen molar-refractivity contribution in [3.63, 3.8) is 0 Å². The number of nitrogens with zero attached hydrogens (tertiary/aromatic N) is 3. The molecule has 0 aromatic carbocycles. The summed E-state index contributed by atoms with van der Waals surface area (Å²) >= 11 is 0. The second-order valence-corrected chi connectivity index (χ2v) is 2.28. The van der Waals surface area contributed by atoms with Crippen LogP contribution in [0, 0.1) is 0 Å². The molecule has 12 heavy (non-hydrogen) atoms. The third-order valence-electron chi connectivity index (χ3n) is 1.46. The normalized spacial score (nSPS) is 14.5. The van der Waals surface area contributed by atoms with Crippen LogP contribution in [0.25, 0.3) is 0 Å². The van der Waals surface area contributed by atoms with E-state index in [2.05, 4.69) is 15.6 Å². The maximum atomic E-state index is 3.93. The number of allylic oxidation sites excluding steroid dienone is 2. The Morgan fingerprint density at radius 3 is 3.00 bits per heavy atom. The molecule has 0 atom stereocenters. The molecule has 0 aliphatic carbocycles. The van der Waals surface area contributed by atoms with Gasteiger partial charge in [0, 0.05) is 18.6 Å². The number of rotatable bonds is 1. The fourth-order valence-corrected chi connectivity index (χ4v) is 0.922. The van der Waals surface area contributed by atoms with E-state index in [1.54, 1.807) is 11.2 Å². The number of nitrogens with one attached hydrogen (secondary N) is 1. The number of aromatic nitrogens is 2. The minimum absolute atomic E-state index is 0.776. The maximum absolute atomic E-state index is 3.93. The molecule has 2 rings (SSSR count). The molecule has 60 valence electrons. The van der Waals surface area contributed by atoms with Crippen molar-refractivity contribution in [2.45, 2.75) is 0 Å². The highest BCUT2D eigenvalue weighted by atomic mass is 15.5. The first-order valence-electron chi connectivity index (χ1n) is 3.63. The van der Waals surface area contributed by atoms with E-state index >= 15 is 0 Å². The summed E-state index contributed by atoms with van der Waals surface area (Å²) in [6.07, 6.45) is 9.18. The quantitative estimate of drug-likeness (QED) is 0.660. The molecule has 1 aliphatic rings. The van der Waals surface area contributed by atoms with Gasteiger partial charge in [0.05, 0.1) is 0 Å². The smallest absolute Gasteiger partial charge is 0.173 e. The van der Waals surface area contributed by atoms with Crippen molar-refractivity contribution in [2.24, 2.45) is 0 Å². The predicted octanol–water partition coefficient (Wildman–Crippen LogP) is 0.829. The summed E-state index contributed by atoms with van der Waals surface area (Å²) < 4.78 is 0. The van der Waals surface area contributed by atoms with Crippen molar-refractivity contribution in [3.05, 3.63) is 42.9 Å². The maximum Gasteiger partial charge on any atom is 0.173 e. The molecule has 1 aromatic heterocycles. The van der Waals surface area contributed by atoms with Crippen molar-refractivity contribution in [3.8, 4) is 0 Å². The van der Waals surface area contributed by atoms with Gasteiger partial charge in [0.2, 0.25) is 0 Å². The highest BCUT2D eigenvalue weighted by Gasteiger charge is 2.02. The average Bonchev–Trinajstić information content (AvgIpc) is 2.21. The van der Waals surface area contributed by atoms with E-state index in [0.717, 1.165) is 5.82 Å². The SMILES string of the molecule is C1=CNN(c2cccnn2)C=C1. The van der Waals surface area contributed by atoms with Crippen molar-refractivity contribution in [1.82, 2.24) is 15.6 Å². The third kappa shape index (κ3) is 1.27. The Morgan fingerprint density at radius 1 is 1.33 bits per heavy atom. The summed E-state index contributed by atoms with van der Waals surface area (Å²) in [7, 11) is 0. The van der Waals surface area contributed by atoms with Gasteiger partial charge in [0.25, 0.3) is 0 Å². The van der Waals surface area contributed by atoms with Crippen molar-refractivity contribution in [2.75, 3.05) is 5.01 Å². The molecular weight excluding hydrogens is 152 g/mol. The van der Waals surface area contributed by atoms with Gasteiger partial charge < -0.3 is 5.43 Å². The van der Waals surface area contributed by atoms with Crippen molar-refractivity contribution in [1.29, 1.82) is 0 Å². The van der Waals surface area contributed by atoms with Crippen LogP contribution in [0.15, 0.2) is 42.9 Å². The lowest BCUT2D eigenvalue weighted by Gasteiger charge is -2.19. The van der Waals surface area contributed by atoms with Crippen LogP contribution in [0.3, 0.4) is 0 Å². The zero-order chi connectivity index (χ0) is 8.23. The molecule has 0 bridgehead atoms. The largest absolute Gasteiger partial charge is 0.300 e. The molecule has 0 spiro atoms. The predicted molar refractivity (Wildman–Crippen MR) is 45.9 cm³/mol. The fourth-order valence-electron chi connectivity index (χ4n) is 0.922. The lowest BCUT2D eigenvalue weighted by Crippen LogP contribution is -2.30. The van der Waals surface area contributed by atoms with Crippen LogP contribution in [0.2, 0.25) is 0 Å². The topological polar surface area (TPSA) is 41.0 Å². The first-order chi connectivity index (χ1) is 5.97. The summed E-state index contributed by atoms with van der Waals surface area (Å²) in [6.45, 7) is 0. The Labute approximate surface area is 70.2 Å². The van der Waals surface area contributed by atoms with E-state index in [1.165, 1.54) is 0 Å². The van der Waals surface area contributed by atoms with E-state index in [0.29, 0.717) is 0 Å². The van der Waals surface area contributed by atoms with Gasteiger partial charge in [0.15, 0.2) is 5.82 Å². The van der Waals surface area contributed by atoms with E-state index in [-0.39, 0.29) is 0 Å². The monoisotopic (exact) mass is 160 g/mol. The Bertz CT molecular complexity index is 304. The lowest BCUT2D eigenvalue weighted by molar-refractivity contribution is 0.827. The van der Waals surface area contributed by atoms with Gasteiger partial charge in [-0.3, -0.25) is 0 Å². The van der Waals surface area contributed by atoms with Crippen LogP contribution >= 0.6 is 0 Å². The summed E-state index contributed by atoms with van der Waals surface area (Å²) in [6, 6.07) is 3.72. The van der Waals surface area contributed by atoms with Gasteiger partial charge in [-0.25, -0.2) is 5.01 Å². The Hall–Kier alpha value is -1.84. The highest BCUT2D eigenvalue weighted by Crippen LogP contribution is 2.07. The van der Waals surface area contributed by atoms with Crippen LogP contribution in [0.5, 0.6) is 0 Å². The molecule has 4 nitrogen and oxygen atoms in total. The summed E-state index contributed by atoms with van der Waals surface area (Å²) in [5.41, 5.74) is 3.00. The van der Waals surface area contributed by atoms with Gasteiger partial charge in [-0.05, 0) is 24.3 Å². The summed E-state index contributed by atoms with van der Waals surface area (Å²) in [5, 5.41) is 9.49. The first-order valence-corrected chi connectivity index (χ1v) is 3.63. The standard InChI is InChI=1S/C8H8N4/c1-2-7-12(10-6-1)8-4-3-5-9-11-8/h1-7,10H. The van der Waals surface area contributed by atoms with E-state index < -0.39 is 0 Å². The number of hydrogen-bond acceptors (Lipinski definition) is 4. The van der Waals surface area contributed by atoms with Crippen LogP contribution in [-0.4, -0.2) is 10.2 Å². The molecule has 1 aromatic rings. The lowest BCUT2D eigenvalue weighted by atomic mass is 10.5. The zero-order valence-electron chi connectivity index (χ0n) is 6.38.